The van der Waals surface area contributed by atoms with Crippen LogP contribution in [0.2, 0.25) is 0 Å². The fourth-order valence-corrected chi connectivity index (χ4v) is 1.47. The third kappa shape index (κ3) is 2.12. The second-order valence-electron chi connectivity index (χ2n) is 2.29. The van der Waals surface area contributed by atoms with Gasteiger partial charge in [-0.3, -0.25) is 0 Å². The van der Waals surface area contributed by atoms with Gasteiger partial charge in [-0.1, -0.05) is 15.9 Å². The minimum Gasteiger partial charge on any atom is -0.496 e. The van der Waals surface area contributed by atoms with E-state index in [4.69, 9.17) is 22.1 Å². The summed E-state index contributed by atoms with van der Waals surface area (Å²) in [6.07, 6.45) is 0. The zero-order valence-corrected chi connectivity index (χ0v) is 8.89. The molecule has 2 N–H and O–H groups in total. The molecule has 1 rings (SSSR count). The fraction of sp³-hybridized carbons (Fsp3) is 0.250. The zero-order valence-electron chi connectivity index (χ0n) is 6.55. The van der Waals surface area contributed by atoms with Crippen molar-refractivity contribution < 1.29 is 4.74 Å². The number of alkyl halides is 1. The Morgan fingerprint density at radius 1 is 1.58 bits per heavy atom. The van der Waals surface area contributed by atoms with Gasteiger partial charge in [0.2, 0.25) is 0 Å². The van der Waals surface area contributed by atoms with E-state index >= 15 is 0 Å². The summed E-state index contributed by atoms with van der Waals surface area (Å²) in [5.74, 6) is 0.709. The maximum Gasteiger partial charge on any atom is 0.124 e. The van der Waals surface area contributed by atoms with Crippen molar-refractivity contribution in [1.82, 2.24) is 0 Å². The summed E-state index contributed by atoms with van der Waals surface area (Å²) >= 11 is 9.06. The lowest BCUT2D eigenvalue weighted by Crippen LogP contribution is -2.04. The molecule has 0 bridgehead atoms. The lowest BCUT2D eigenvalue weighted by Gasteiger charge is -2.09. The molecule has 12 heavy (non-hydrogen) atoms. The van der Waals surface area contributed by atoms with Gasteiger partial charge in [0.25, 0.3) is 0 Å². The van der Waals surface area contributed by atoms with Crippen molar-refractivity contribution in [1.29, 1.82) is 0 Å². The van der Waals surface area contributed by atoms with E-state index in [-0.39, 0.29) is 0 Å². The van der Waals surface area contributed by atoms with Crippen molar-refractivity contribution >= 4 is 27.5 Å². The predicted molar refractivity (Wildman–Crippen MR) is 53.5 cm³/mol. The maximum absolute atomic E-state index is 5.74. The molecule has 4 heteroatoms. The summed E-state index contributed by atoms with van der Waals surface area (Å²) in [6, 6.07) is 5.54. The first-order chi connectivity index (χ1) is 5.65. The van der Waals surface area contributed by atoms with Gasteiger partial charge in [0.05, 0.1) is 7.11 Å². The van der Waals surface area contributed by atoms with Gasteiger partial charge < -0.3 is 10.5 Å². The minimum absolute atomic E-state index is 0.530. The molecule has 1 atom stereocenters. The Balaban J connectivity index is 3.12. The van der Waals surface area contributed by atoms with Gasteiger partial charge in [0.15, 0.2) is 0 Å². The van der Waals surface area contributed by atoms with Crippen LogP contribution < -0.4 is 10.5 Å². The molecule has 0 spiro atoms. The first kappa shape index (κ1) is 9.84. The number of benzene rings is 1. The molecule has 1 aromatic carbocycles. The Labute approximate surface area is 84.8 Å². The van der Waals surface area contributed by atoms with E-state index in [9.17, 15) is 0 Å². The standard InChI is InChI=1S/C8H9BrClNO/c1-12-7-3-2-5(9)4-6(7)8(10)11/h2-4,8H,11H2,1H3. The Morgan fingerprint density at radius 3 is 2.75 bits per heavy atom. The number of methoxy groups -OCH3 is 1. The molecule has 2 nitrogen and oxygen atoms in total. The highest BCUT2D eigenvalue weighted by molar-refractivity contribution is 9.10. The first-order valence-electron chi connectivity index (χ1n) is 3.38. The molecule has 0 amide bonds. The average molecular weight is 251 g/mol. The summed E-state index contributed by atoms with van der Waals surface area (Å²) in [5.41, 5.74) is 5.78. The molecular formula is C8H9BrClNO. The van der Waals surface area contributed by atoms with E-state index in [1.807, 2.05) is 18.2 Å². The van der Waals surface area contributed by atoms with Crippen LogP contribution in [0.25, 0.3) is 0 Å². The lowest BCUT2D eigenvalue weighted by molar-refractivity contribution is 0.409. The first-order valence-corrected chi connectivity index (χ1v) is 4.61. The van der Waals surface area contributed by atoms with Gasteiger partial charge in [0, 0.05) is 10.0 Å². The van der Waals surface area contributed by atoms with Crippen LogP contribution in [-0.2, 0) is 0 Å². The van der Waals surface area contributed by atoms with E-state index in [1.165, 1.54) is 0 Å². The molecule has 0 radical (unpaired) electrons. The second kappa shape index (κ2) is 4.12. The molecule has 0 aliphatic carbocycles. The highest BCUT2D eigenvalue weighted by Gasteiger charge is 2.08. The summed E-state index contributed by atoms with van der Waals surface area (Å²) in [7, 11) is 1.59. The molecule has 1 aromatic rings. The van der Waals surface area contributed by atoms with Crippen LogP contribution in [0.3, 0.4) is 0 Å². The number of hydrogen-bond donors (Lipinski definition) is 1. The fourth-order valence-electron chi connectivity index (χ4n) is 0.921. The quantitative estimate of drug-likeness (QED) is 0.647. The third-order valence-electron chi connectivity index (χ3n) is 1.49. The smallest absolute Gasteiger partial charge is 0.124 e. The maximum atomic E-state index is 5.74. The molecule has 0 fully saturated rings. The van der Waals surface area contributed by atoms with Crippen molar-refractivity contribution in [3.63, 3.8) is 0 Å². The summed E-state index contributed by atoms with van der Waals surface area (Å²) in [6.45, 7) is 0. The Kier molecular flexibility index (Phi) is 3.38. The molecule has 0 aliphatic heterocycles. The van der Waals surface area contributed by atoms with Crippen molar-refractivity contribution in [2.24, 2.45) is 5.73 Å². The summed E-state index contributed by atoms with van der Waals surface area (Å²) in [4.78, 5) is 0. The monoisotopic (exact) mass is 249 g/mol. The van der Waals surface area contributed by atoms with E-state index in [1.54, 1.807) is 7.11 Å². The number of hydrogen-bond acceptors (Lipinski definition) is 2. The predicted octanol–water partition coefficient (Wildman–Crippen LogP) is 2.65. The molecule has 66 valence electrons. The van der Waals surface area contributed by atoms with Gasteiger partial charge in [0.1, 0.15) is 11.3 Å². The van der Waals surface area contributed by atoms with E-state index in [0.717, 1.165) is 10.0 Å². The van der Waals surface area contributed by atoms with Crippen molar-refractivity contribution in [3.05, 3.63) is 28.2 Å². The van der Waals surface area contributed by atoms with Gasteiger partial charge in [-0.15, -0.1) is 11.6 Å². The van der Waals surface area contributed by atoms with Crippen LogP contribution in [0.15, 0.2) is 22.7 Å². The van der Waals surface area contributed by atoms with E-state index < -0.39 is 5.50 Å². The van der Waals surface area contributed by atoms with Gasteiger partial charge in [-0.25, -0.2) is 0 Å². The van der Waals surface area contributed by atoms with Gasteiger partial charge in [-0.2, -0.15) is 0 Å². The van der Waals surface area contributed by atoms with Crippen LogP contribution in [0, 0.1) is 0 Å². The van der Waals surface area contributed by atoms with Crippen LogP contribution in [0.5, 0.6) is 5.75 Å². The lowest BCUT2D eigenvalue weighted by atomic mass is 10.2. The Bertz CT molecular complexity index is 278. The van der Waals surface area contributed by atoms with Crippen LogP contribution in [-0.4, -0.2) is 7.11 Å². The SMILES string of the molecule is COc1ccc(Br)cc1C(N)Cl. The third-order valence-corrected chi connectivity index (χ3v) is 2.22. The highest BCUT2D eigenvalue weighted by atomic mass is 79.9. The molecule has 0 aromatic heterocycles. The topological polar surface area (TPSA) is 35.2 Å². The van der Waals surface area contributed by atoms with Gasteiger partial charge in [-0.05, 0) is 18.2 Å². The van der Waals surface area contributed by atoms with Crippen LogP contribution in [0.4, 0.5) is 0 Å². The Hall–Kier alpha value is -0.250. The zero-order chi connectivity index (χ0) is 9.14. The number of halogens is 2. The van der Waals surface area contributed by atoms with Crippen molar-refractivity contribution in [2.75, 3.05) is 7.11 Å². The van der Waals surface area contributed by atoms with E-state index in [2.05, 4.69) is 15.9 Å². The highest BCUT2D eigenvalue weighted by Crippen LogP contribution is 2.28. The number of rotatable bonds is 2. The summed E-state index contributed by atoms with van der Waals surface area (Å²) in [5, 5.41) is 0. The van der Waals surface area contributed by atoms with E-state index in [0.29, 0.717) is 5.75 Å². The normalized spacial score (nSPS) is 12.7. The molecule has 0 saturated carbocycles. The van der Waals surface area contributed by atoms with Crippen LogP contribution >= 0.6 is 27.5 Å². The van der Waals surface area contributed by atoms with Crippen LogP contribution in [0.1, 0.15) is 11.1 Å². The Morgan fingerprint density at radius 2 is 2.25 bits per heavy atom. The second-order valence-corrected chi connectivity index (χ2v) is 3.67. The summed E-state index contributed by atoms with van der Waals surface area (Å²) < 4.78 is 6.02. The molecule has 0 aliphatic rings. The van der Waals surface area contributed by atoms with Crippen molar-refractivity contribution in [2.45, 2.75) is 5.50 Å². The minimum atomic E-state index is -0.530. The number of ether oxygens (including phenoxy) is 1. The molecule has 1 unspecified atom stereocenters. The number of nitrogens with two attached hydrogens (primary N) is 1. The van der Waals surface area contributed by atoms with Gasteiger partial charge >= 0.3 is 0 Å². The average Bonchev–Trinajstić information content (AvgIpc) is 2.04. The largest absolute Gasteiger partial charge is 0.496 e. The molecule has 0 saturated heterocycles. The molecular weight excluding hydrogens is 241 g/mol. The van der Waals surface area contributed by atoms with Crippen molar-refractivity contribution in [3.8, 4) is 5.75 Å². The molecule has 0 heterocycles.